The Morgan fingerprint density at radius 1 is 0.368 bits per heavy atom. The third kappa shape index (κ3) is 5.18. The molecule has 0 fully saturated rings. The molecule has 9 aromatic carbocycles. The second kappa shape index (κ2) is 13.0. The predicted molar refractivity (Wildman–Crippen MR) is 240 cm³/mol. The van der Waals surface area contributed by atoms with Crippen LogP contribution in [0.25, 0.3) is 77.2 Å². The van der Waals surface area contributed by atoms with Crippen LogP contribution in [0.15, 0.2) is 205 Å². The molecule has 0 aliphatic heterocycles. The molecule has 2 heteroatoms. The SMILES string of the molecule is CC1(C)c2ccccc2-c2cccc(-c3ccc(N(c4ccccc4-c4ccccc4)c4ccccc4-c4cccc5c4oc4c6ccccc6ccc54)cc3)c21. The number of hydrogen-bond acceptors (Lipinski definition) is 2. The maximum absolute atomic E-state index is 6.91. The van der Waals surface area contributed by atoms with Crippen LogP contribution in [-0.4, -0.2) is 0 Å². The summed E-state index contributed by atoms with van der Waals surface area (Å²) in [5, 5.41) is 4.54. The van der Waals surface area contributed by atoms with Gasteiger partial charge in [-0.05, 0) is 74.7 Å². The van der Waals surface area contributed by atoms with Crippen molar-refractivity contribution in [2.45, 2.75) is 19.3 Å². The van der Waals surface area contributed by atoms with Gasteiger partial charge in [0.05, 0.1) is 11.4 Å². The zero-order chi connectivity index (χ0) is 38.1. The van der Waals surface area contributed by atoms with Crippen molar-refractivity contribution < 1.29 is 4.42 Å². The number of rotatable bonds is 6. The highest BCUT2D eigenvalue weighted by Gasteiger charge is 2.37. The summed E-state index contributed by atoms with van der Waals surface area (Å²) in [6.45, 7) is 4.72. The Hall–Kier alpha value is -7.16. The molecule has 1 heterocycles. The molecule has 0 radical (unpaired) electrons. The van der Waals surface area contributed by atoms with Crippen molar-refractivity contribution >= 4 is 49.8 Å². The fourth-order valence-corrected chi connectivity index (χ4v) is 9.45. The standard InChI is InChI=1S/C55H39NO/c1-55(2)49-27-11-8-21-43(49)45-24-14-23-41(52(45)55)38-30-33-39(34-31-38)56(50-28-12-9-19-40(50)36-16-4-3-5-17-36)51-29-13-10-22-44(51)46-25-15-26-47-48-35-32-37-18-6-7-20-42(37)53(48)57-54(46)47/h3-35H,1-2H3. The average Bonchev–Trinajstić information content (AvgIpc) is 3.77. The van der Waals surface area contributed by atoms with E-state index in [0.29, 0.717) is 0 Å². The van der Waals surface area contributed by atoms with E-state index in [4.69, 9.17) is 4.42 Å². The zero-order valence-corrected chi connectivity index (χ0v) is 31.9. The van der Waals surface area contributed by atoms with E-state index in [1.54, 1.807) is 0 Å². The fraction of sp³-hybridized carbons (Fsp3) is 0.0545. The summed E-state index contributed by atoms with van der Waals surface area (Å²) in [4.78, 5) is 2.42. The second-order valence-electron chi connectivity index (χ2n) is 15.6. The number of anilines is 3. The quantitative estimate of drug-likeness (QED) is 0.169. The summed E-state index contributed by atoms with van der Waals surface area (Å²) in [5.74, 6) is 0. The second-order valence-corrected chi connectivity index (χ2v) is 15.6. The van der Waals surface area contributed by atoms with Crippen molar-refractivity contribution in [1.29, 1.82) is 0 Å². The lowest BCUT2D eigenvalue weighted by atomic mass is 9.79. The van der Waals surface area contributed by atoms with Crippen molar-refractivity contribution in [3.8, 4) is 44.5 Å². The van der Waals surface area contributed by atoms with E-state index in [9.17, 15) is 0 Å². The lowest BCUT2D eigenvalue weighted by molar-refractivity contribution is 0.662. The number of hydrogen-bond donors (Lipinski definition) is 0. The first-order chi connectivity index (χ1) is 28.1. The first-order valence-electron chi connectivity index (χ1n) is 19.8. The van der Waals surface area contributed by atoms with E-state index < -0.39 is 0 Å². The van der Waals surface area contributed by atoms with Crippen molar-refractivity contribution in [2.75, 3.05) is 4.90 Å². The molecule has 57 heavy (non-hydrogen) atoms. The number of fused-ring (bicyclic) bond motifs is 8. The molecule has 11 rings (SSSR count). The molecule has 0 saturated carbocycles. The van der Waals surface area contributed by atoms with E-state index in [-0.39, 0.29) is 5.41 Å². The number of nitrogens with zero attached hydrogens (tertiary/aromatic N) is 1. The summed E-state index contributed by atoms with van der Waals surface area (Å²) >= 11 is 0. The summed E-state index contributed by atoms with van der Waals surface area (Å²) in [6, 6.07) is 72.4. The van der Waals surface area contributed by atoms with Gasteiger partial charge in [0.1, 0.15) is 11.2 Å². The van der Waals surface area contributed by atoms with Crippen LogP contribution in [0.4, 0.5) is 17.1 Å². The molecule has 0 amide bonds. The van der Waals surface area contributed by atoms with Gasteiger partial charge >= 0.3 is 0 Å². The van der Waals surface area contributed by atoms with Crippen molar-refractivity contribution in [1.82, 2.24) is 0 Å². The summed E-state index contributed by atoms with van der Waals surface area (Å²) in [7, 11) is 0. The fourth-order valence-electron chi connectivity index (χ4n) is 9.45. The Kier molecular flexibility index (Phi) is 7.55. The van der Waals surface area contributed by atoms with Crippen LogP contribution in [0.3, 0.4) is 0 Å². The molecule has 1 aliphatic rings. The highest BCUT2D eigenvalue weighted by molar-refractivity contribution is 6.17. The van der Waals surface area contributed by atoms with Gasteiger partial charge in [-0.3, -0.25) is 0 Å². The Labute approximate surface area is 332 Å². The summed E-state index contributed by atoms with van der Waals surface area (Å²) in [6.07, 6.45) is 0. The monoisotopic (exact) mass is 729 g/mol. The largest absolute Gasteiger partial charge is 0.455 e. The Balaban J connectivity index is 1.11. The van der Waals surface area contributed by atoms with Crippen LogP contribution in [0.2, 0.25) is 0 Å². The van der Waals surface area contributed by atoms with Crippen molar-refractivity contribution in [3.05, 3.63) is 211 Å². The molecule has 1 aromatic heterocycles. The summed E-state index contributed by atoms with van der Waals surface area (Å²) < 4.78 is 6.91. The zero-order valence-electron chi connectivity index (χ0n) is 31.9. The van der Waals surface area contributed by atoms with Crippen LogP contribution < -0.4 is 4.90 Å². The van der Waals surface area contributed by atoms with E-state index in [1.807, 2.05) is 0 Å². The average molecular weight is 730 g/mol. The molecule has 0 atom stereocenters. The first-order valence-corrected chi connectivity index (χ1v) is 19.8. The van der Waals surface area contributed by atoms with E-state index in [0.717, 1.165) is 61.1 Å². The lowest BCUT2D eigenvalue weighted by Crippen LogP contribution is -2.16. The highest BCUT2D eigenvalue weighted by atomic mass is 16.3. The van der Waals surface area contributed by atoms with E-state index in [1.165, 1.54) is 44.3 Å². The first kappa shape index (κ1) is 33.2. The van der Waals surface area contributed by atoms with Crippen LogP contribution in [0, 0.1) is 0 Å². The smallest absolute Gasteiger partial charge is 0.143 e. The Morgan fingerprint density at radius 3 is 1.75 bits per heavy atom. The molecule has 1 aliphatic carbocycles. The lowest BCUT2D eigenvalue weighted by Gasteiger charge is -2.30. The van der Waals surface area contributed by atoms with Crippen LogP contribution in [0.1, 0.15) is 25.0 Å². The van der Waals surface area contributed by atoms with E-state index in [2.05, 4.69) is 219 Å². The van der Waals surface area contributed by atoms with Gasteiger partial charge in [-0.2, -0.15) is 0 Å². The molecule has 10 aromatic rings. The number of para-hydroxylation sites is 3. The predicted octanol–water partition coefficient (Wildman–Crippen LogP) is 15.5. The molecule has 0 saturated heterocycles. The molecule has 0 bridgehead atoms. The van der Waals surface area contributed by atoms with Gasteiger partial charge < -0.3 is 9.32 Å². The maximum Gasteiger partial charge on any atom is 0.143 e. The van der Waals surface area contributed by atoms with Crippen molar-refractivity contribution in [2.24, 2.45) is 0 Å². The highest BCUT2D eigenvalue weighted by Crippen LogP contribution is 2.53. The molecule has 0 N–H and O–H groups in total. The van der Waals surface area contributed by atoms with Crippen LogP contribution in [-0.2, 0) is 5.41 Å². The van der Waals surface area contributed by atoms with Crippen molar-refractivity contribution in [3.63, 3.8) is 0 Å². The minimum Gasteiger partial charge on any atom is -0.455 e. The van der Waals surface area contributed by atoms with E-state index >= 15 is 0 Å². The molecule has 2 nitrogen and oxygen atoms in total. The van der Waals surface area contributed by atoms with Gasteiger partial charge in [-0.25, -0.2) is 0 Å². The topological polar surface area (TPSA) is 16.4 Å². The third-order valence-corrected chi connectivity index (χ3v) is 12.1. The molecular formula is C55H39NO. The van der Waals surface area contributed by atoms with Crippen LogP contribution in [0.5, 0.6) is 0 Å². The van der Waals surface area contributed by atoms with Gasteiger partial charge in [0.15, 0.2) is 0 Å². The minimum absolute atomic E-state index is 0.106. The maximum atomic E-state index is 6.91. The molecule has 0 unspecified atom stereocenters. The summed E-state index contributed by atoms with van der Waals surface area (Å²) in [5.41, 5.74) is 17.4. The van der Waals surface area contributed by atoms with Gasteiger partial charge in [0.2, 0.25) is 0 Å². The van der Waals surface area contributed by atoms with Crippen LogP contribution >= 0.6 is 0 Å². The van der Waals surface area contributed by atoms with Gasteiger partial charge in [0.25, 0.3) is 0 Å². The molecule has 0 spiro atoms. The van der Waals surface area contributed by atoms with Gasteiger partial charge in [-0.15, -0.1) is 0 Å². The third-order valence-electron chi connectivity index (χ3n) is 12.1. The molecular weight excluding hydrogens is 691 g/mol. The van der Waals surface area contributed by atoms with Gasteiger partial charge in [0, 0.05) is 44.0 Å². The molecule has 270 valence electrons. The number of benzene rings is 9. The number of furan rings is 1. The minimum atomic E-state index is -0.106. The van der Waals surface area contributed by atoms with Gasteiger partial charge in [-0.1, -0.05) is 184 Å². The Morgan fingerprint density at radius 2 is 0.930 bits per heavy atom. The normalized spacial score (nSPS) is 12.9. The Bertz CT molecular complexity index is 3150.